The molecule has 2 aromatic heterocycles. The van der Waals surface area contributed by atoms with Crippen molar-refractivity contribution < 1.29 is 13.2 Å². The maximum atomic E-state index is 12.2. The number of rotatable bonds is 8. The maximum Gasteiger partial charge on any atom is 0.240 e. The second-order valence-corrected chi connectivity index (χ2v) is 9.01. The van der Waals surface area contributed by atoms with Crippen molar-refractivity contribution in [3.63, 3.8) is 0 Å². The highest BCUT2D eigenvalue weighted by Crippen LogP contribution is 2.24. The lowest BCUT2D eigenvalue weighted by Crippen LogP contribution is -2.30. The van der Waals surface area contributed by atoms with Crippen molar-refractivity contribution in [2.24, 2.45) is 0 Å². The molecule has 1 amide bonds. The molecule has 0 aliphatic carbocycles. The summed E-state index contributed by atoms with van der Waals surface area (Å²) in [4.78, 5) is 17.6. The van der Waals surface area contributed by atoms with E-state index in [1.54, 1.807) is 35.9 Å². The van der Waals surface area contributed by atoms with Gasteiger partial charge in [0.2, 0.25) is 15.9 Å². The first-order valence-electron chi connectivity index (χ1n) is 8.75. The molecule has 0 unspecified atom stereocenters. The van der Waals surface area contributed by atoms with Crippen LogP contribution in [0, 0.1) is 6.92 Å². The third kappa shape index (κ3) is 5.48. The molecule has 0 spiro atoms. The van der Waals surface area contributed by atoms with Crippen LogP contribution in [-0.4, -0.2) is 25.9 Å². The Balaban J connectivity index is 1.48. The van der Waals surface area contributed by atoms with Crippen molar-refractivity contribution in [2.45, 2.75) is 24.8 Å². The number of aromatic nitrogens is 1. The van der Waals surface area contributed by atoms with Gasteiger partial charge in [-0.15, -0.1) is 11.3 Å². The summed E-state index contributed by atoms with van der Waals surface area (Å²) in [5, 5.41) is 4.80. The Morgan fingerprint density at radius 1 is 1.14 bits per heavy atom. The molecule has 1 aromatic carbocycles. The predicted octanol–water partition coefficient (Wildman–Crippen LogP) is 3.10. The van der Waals surface area contributed by atoms with E-state index in [0.717, 1.165) is 21.6 Å². The Bertz CT molecular complexity index is 1050. The zero-order valence-electron chi connectivity index (χ0n) is 15.4. The van der Waals surface area contributed by atoms with Gasteiger partial charge in [-0.3, -0.25) is 9.78 Å². The Morgan fingerprint density at radius 2 is 2.00 bits per heavy atom. The van der Waals surface area contributed by atoms with Gasteiger partial charge in [0.25, 0.3) is 0 Å². The SMILES string of the molecule is Cc1cccc(S(=O)(=O)NCCC(=O)NCc2cncc(-c3cccs3)c2)c1. The van der Waals surface area contributed by atoms with Crippen LogP contribution in [0.2, 0.25) is 0 Å². The number of aryl methyl sites for hydroxylation is 1. The van der Waals surface area contributed by atoms with Gasteiger partial charge in [-0.25, -0.2) is 13.1 Å². The topological polar surface area (TPSA) is 88.2 Å². The lowest BCUT2D eigenvalue weighted by atomic mass is 10.2. The Morgan fingerprint density at radius 3 is 2.75 bits per heavy atom. The van der Waals surface area contributed by atoms with Gasteiger partial charge in [0.1, 0.15) is 0 Å². The van der Waals surface area contributed by atoms with Crippen molar-refractivity contribution in [1.29, 1.82) is 0 Å². The molecule has 146 valence electrons. The number of nitrogens with one attached hydrogen (secondary N) is 2. The first kappa shape index (κ1) is 20.2. The number of nitrogens with zero attached hydrogens (tertiary/aromatic N) is 1. The summed E-state index contributed by atoms with van der Waals surface area (Å²) >= 11 is 1.63. The molecule has 28 heavy (non-hydrogen) atoms. The molecule has 0 bridgehead atoms. The van der Waals surface area contributed by atoms with E-state index in [-0.39, 0.29) is 23.8 Å². The predicted molar refractivity (Wildman–Crippen MR) is 110 cm³/mol. The second kappa shape index (κ2) is 9.09. The average Bonchev–Trinajstić information content (AvgIpc) is 3.21. The summed E-state index contributed by atoms with van der Waals surface area (Å²) in [6.07, 6.45) is 3.55. The van der Waals surface area contributed by atoms with Crippen molar-refractivity contribution in [1.82, 2.24) is 15.0 Å². The largest absolute Gasteiger partial charge is 0.352 e. The number of sulfonamides is 1. The molecule has 8 heteroatoms. The van der Waals surface area contributed by atoms with Crippen molar-refractivity contribution >= 4 is 27.3 Å². The summed E-state index contributed by atoms with van der Waals surface area (Å²) in [6.45, 7) is 2.21. The number of carbonyl (C=O) groups excluding carboxylic acids is 1. The van der Waals surface area contributed by atoms with Gasteiger partial charge in [0.15, 0.2) is 0 Å². The van der Waals surface area contributed by atoms with Crippen LogP contribution in [0.15, 0.2) is 65.1 Å². The maximum absolute atomic E-state index is 12.2. The summed E-state index contributed by atoms with van der Waals surface area (Å²) in [5.74, 6) is -0.228. The van der Waals surface area contributed by atoms with E-state index in [4.69, 9.17) is 0 Å². The molecule has 0 fully saturated rings. The standard InChI is InChI=1S/C20H21N3O3S2/c1-15-4-2-5-18(10-15)28(25,26)23-8-7-20(24)22-13-16-11-17(14-21-12-16)19-6-3-9-27-19/h2-6,9-12,14,23H,7-8,13H2,1H3,(H,22,24). The van der Waals surface area contributed by atoms with Gasteiger partial charge in [-0.05, 0) is 47.7 Å². The molecule has 0 saturated carbocycles. The summed E-state index contributed by atoms with van der Waals surface area (Å²) in [5.41, 5.74) is 2.76. The van der Waals surface area contributed by atoms with Crippen LogP contribution in [0.1, 0.15) is 17.5 Å². The van der Waals surface area contributed by atoms with Gasteiger partial charge >= 0.3 is 0 Å². The van der Waals surface area contributed by atoms with E-state index in [2.05, 4.69) is 15.0 Å². The van der Waals surface area contributed by atoms with Crippen LogP contribution < -0.4 is 10.0 Å². The molecular weight excluding hydrogens is 394 g/mol. The lowest BCUT2D eigenvalue weighted by molar-refractivity contribution is -0.121. The minimum atomic E-state index is -3.62. The van der Waals surface area contributed by atoms with Crippen LogP contribution in [0.3, 0.4) is 0 Å². The summed E-state index contributed by atoms with van der Waals surface area (Å²) in [6, 6.07) is 12.6. The zero-order valence-corrected chi connectivity index (χ0v) is 17.0. The fourth-order valence-corrected chi connectivity index (χ4v) is 4.46. The third-order valence-corrected chi connectivity index (χ3v) is 6.41. The van der Waals surface area contributed by atoms with Crippen molar-refractivity contribution in [2.75, 3.05) is 6.54 Å². The molecule has 2 heterocycles. The summed E-state index contributed by atoms with van der Waals surface area (Å²) < 4.78 is 26.9. The number of hydrogen-bond donors (Lipinski definition) is 2. The van der Waals surface area contributed by atoms with Crippen molar-refractivity contribution in [3.8, 4) is 10.4 Å². The second-order valence-electron chi connectivity index (χ2n) is 6.30. The molecule has 3 aromatic rings. The van der Waals surface area contributed by atoms with Crippen LogP contribution >= 0.6 is 11.3 Å². The molecule has 0 saturated heterocycles. The number of benzene rings is 1. The van der Waals surface area contributed by atoms with Gasteiger partial charge in [0, 0.05) is 42.3 Å². The zero-order chi connectivity index (χ0) is 20.0. The molecule has 3 rings (SSSR count). The average molecular weight is 416 g/mol. The number of thiophene rings is 1. The van der Waals surface area contributed by atoms with E-state index in [1.165, 1.54) is 6.07 Å². The Labute approximate surface area is 168 Å². The molecule has 0 aliphatic rings. The Hall–Kier alpha value is -2.55. The number of pyridine rings is 1. The van der Waals surface area contributed by atoms with Crippen LogP contribution in [-0.2, 0) is 21.4 Å². The fourth-order valence-electron chi connectivity index (χ4n) is 2.62. The minimum absolute atomic E-state index is 0.0373. The van der Waals surface area contributed by atoms with Crippen LogP contribution in [0.5, 0.6) is 0 Å². The molecular formula is C20H21N3O3S2. The van der Waals surface area contributed by atoms with Gasteiger partial charge in [-0.2, -0.15) is 0 Å². The smallest absolute Gasteiger partial charge is 0.240 e. The van der Waals surface area contributed by atoms with E-state index < -0.39 is 10.0 Å². The normalized spacial score (nSPS) is 11.3. The first-order chi connectivity index (χ1) is 13.4. The molecule has 0 atom stereocenters. The fraction of sp³-hybridized carbons (Fsp3) is 0.200. The third-order valence-electron chi connectivity index (χ3n) is 4.03. The summed E-state index contributed by atoms with van der Waals surface area (Å²) in [7, 11) is -3.62. The van der Waals surface area contributed by atoms with Crippen LogP contribution in [0.25, 0.3) is 10.4 Å². The van der Waals surface area contributed by atoms with E-state index in [0.29, 0.717) is 6.54 Å². The molecule has 6 nitrogen and oxygen atoms in total. The molecule has 2 N–H and O–H groups in total. The molecule has 0 radical (unpaired) electrons. The first-order valence-corrected chi connectivity index (χ1v) is 11.1. The Kier molecular flexibility index (Phi) is 6.56. The quantitative estimate of drug-likeness (QED) is 0.592. The van der Waals surface area contributed by atoms with E-state index in [1.807, 2.05) is 36.6 Å². The highest BCUT2D eigenvalue weighted by Gasteiger charge is 2.14. The molecule has 0 aliphatic heterocycles. The highest BCUT2D eigenvalue weighted by atomic mass is 32.2. The van der Waals surface area contributed by atoms with E-state index >= 15 is 0 Å². The lowest BCUT2D eigenvalue weighted by Gasteiger charge is -2.09. The number of amides is 1. The van der Waals surface area contributed by atoms with Gasteiger partial charge < -0.3 is 5.32 Å². The monoisotopic (exact) mass is 415 g/mol. The van der Waals surface area contributed by atoms with Crippen LogP contribution in [0.4, 0.5) is 0 Å². The highest BCUT2D eigenvalue weighted by molar-refractivity contribution is 7.89. The minimum Gasteiger partial charge on any atom is -0.352 e. The van der Waals surface area contributed by atoms with E-state index in [9.17, 15) is 13.2 Å². The van der Waals surface area contributed by atoms with Gasteiger partial charge in [-0.1, -0.05) is 18.2 Å². The van der Waals surface area contributed by atoms with Crippen molar-refractivity contribution in [3.05, 3.63) is 71.4 Å². The number of carbonyl (C=O) groups is 1. The number of hydrogen-bond acceptors (Lipinski definition) is 5. The van der Waals surface area contributed by atoms with Gasteiger partial charge in [0.05, 0.1) is 4.90 Å².